The first-order valence-corrected chi connectivity index (χ1v) is 31.1. The van der Waals surface area contributed by atoms with Crippen molar-refractivity contribution in [3.63, 3.8) is 0 Å². The van der Waals surface area contributed by atoms with Crippen LogP contribution < -0.4 is 11.1 Å². The fourth-order valence-electron chi connectivity index (χ4n) is 9.01. The molecule has 7 nitrogen and oxygen atoms in total. The van der Waals surface area contributed by atoms with E-state index in [1.807, 2.05) is 82.0 Å². The van der Waals surface area contributed by atoms with Gasteiger partial charge in [-0.1, -0.05) is 110 Å². The number of hydrogen-bond acceptors (Lipinski definition) is 6. The summed E-state index contributed by atoms with van der Waals surface area (Å²) in [6.45, 7) is 26.5. The van der Waals surface area contributed by atoms with Crippen LogP contribution in [0.15, 0.2) is 134 Å². The smallest absolute Gasteiger partial charge is 0.126 e. The molecule has 0 bridgehead atoms. The highest BCUT2D eigenvalue weighted by molar-refractivity contribution is 9.10. The van der Waals surface area contributed by atoms with Gasteiger partial charge < -0.3 is 15.6 Å². The Labute approximate surface area is 576 Å². The quantitative estimate of drug-likeness (QED) is 0.136. The Morgan fingerprint density at radius 3 is 1.46 bits per heavy atom. The zero-order valence-electron chi connectivity index (χ0n) is 54.2. The van der Waals surface area contributed by atoms with Gasteiger partial charge >= 0.3 is 0 Å². The SMILES string of the molecule is C.C#C.C#CC.C#CC(C)C.CC(C)C#Cc1cc2c(cc1Cl)C=NC2.Cc1cc(-n2c(C(C)C)cc3cc4c(cc32)C=NC4)ccc1F.Cc1cc(N)ccc1F.Cc1cc(Nc2cc3c(cc2C#CC(C)C)CN=C3)ccc1F.Clc1cc2c(cc1Br)CN=C2.S. The monoisotopic (exact) mass is 1370 g/mol. The van der Waals surface area contributed by atoms with Crippen LogP contribution in [-0.4, -0.2) is 29.4 Å². The minimum absolute atomic E-state index is 0. The molecule has 12 rings (SSSR count). The molecule has 482 valence electrons. The number of aryl methyl sites for hydroxylation is 3. The Bertz CT molecular complexity index is 4270. The molecule has 0 atom stereocenters. The first-order chi connectivity index (χ1) is 43.4. The van der Waals surface area contributed by atoms with Crippen molar-refractivity contribution < 1.29 is 13.2 Å². The Morgan fingerprint density at radius 2 is 0.989 bits per heavy atom. The van der Waals surface area contributed by atoms with E-state index in [0.29, 0.717) is 52.6 Å². The van der Waals surface area contributed by atoms with Gasteiger partial charge in [-0.3, -0.25) is 20.0 Å². The number of anilines is 3. The van der Waals surface area contributed by atoms with E-state index < -0.39 is 0 Å². The van der Waals surface area contributed by atoms with Gasteiger partial charge in [0.25, 0.3) is 0 Å². The van der Waals surface area contributed by atoms with Crippen molar-refractivity contribution in [2.24, 2.45) is 37.7 Å². The molecule has 7 aromatic carbocycles. The van der Waals surface area contributed by atoms with Gasteiger partial charge in [0, 0.05) is 86.4 Å². The number of nitrogens with zero attached hydrogens (tertiary/aromatic N) is 5. The Morgan fingerprint density at radius 1 is 0.559 bits per heavy atom. The molecule has 0 saturated carbocycles. The van der Waals surface area contributed by atoms with E-state index in [-0.39, 0.29) is 38.4 Å². The van der Waals surface area contributed by atoms with Gasteiger partial charge in [-0.05, 0) is 220 Å². The molecule has 93 heavy (non-hydrogen) atoms. The number of aliphatic imine (C=N–C) groups is 4. The van der Waals surface area contributed by atoms with Gasteiger partial charge in [0.1, 0.15) is 17.5 Å². The Balaban J connectivity index is 0.000000301. The number of aromatic nitrogens is 1. The van der Waals surface area contributed by atoms with Crippen LogP contribution in [-0.2, 0) is 26.2 Å². The van der Waals surface area contributed by atoms with Crippen LogP contribution in [0.25, 0.3) is 16.6 Å². The summed E-state index contributed by atoms with van der Waals surface area (Å²) in [5.74, 6) is 18.4. The van der Waals surface area contributed by atoms with Crippen LogP contribution in [0, 0.1) is 117 Å². The molecule has 4 aliphatic rings. The minimum atomic E-state index is -0.204. The lowest BCUT2D eigenvalue weighted by Crippen LogP contribution is -2.02. The highest BCUT2D eigenvalue weighted by Gasteiger charge is 2.18. The van der Waals surface area contributed by atoms with Crippen LogP contribution in [0.2, 0.25) is 10.0 Å². The van der Waals surface area contributed by atoms with E-state index in [1.54, 1.807) is 51.1 Å². The highest BCUT2D eigenvalue weighted by Crippen LogP contribution is 2.34. The molecule has 0 spiro atoms. The third-order valence-electron chi connectivity index (χ3n) is 13.7. The van der Waals surface area contributed by atoms with Gasteiger partial charge in [-0.15, -0.1) is 37.5 Å². The first kappa shape index (κ1) is 78.6. The summed E-state index contributed by atoms with van der Waals surface area (Å²) in [7, 11) is 0. The number of nitrogens with two attached hydrogens (primary N) is 1. The standard InChI is InChI=1S/2C20H19FN2.C13H12ClN.C8H5BrClN.C7H8FN.C5H8.C3H4.C2H2.CH4.H2S/c1-12(2)19-8-14-7-15-10-22-11-16(15)9-20(14)23(19)17-4-5-18(21)13(3)6-17;1-13(2)4-5-15-9-16-11-22-12-17(16)10-20(15)23-18-6-7-19(21)14(3)8-18;1-9(2)3-4-10-5-11-7-15-8-12(11)6-13(10)14;9-7-1-5-3-11-4-6(5)2-8(7)10;1-5-4-6(9)2-3-7(5)8;1-4-5(2)3;1-3-2;1-2;;/h4-9,11-12H,10H2,1-3H3;6-10,12-13,23H,11H2,1-3H3;5-6,8-9H,7H2,1-2H3;1-2,4H,3H2;2-4H,9H2,1H3;1,5H,2-3H3;1H,2H3;1-2H;1H4;1H2. The minimum Gasteiger partial charge on any atom is -0.399 e. The number of halogens is 6. The van der Waals surface area contributed by atoms with E-state index in [0.717, 1.165) is 84.5 Å². The van der Waals surface area contributed by atoms with Crippen molar-refractivity contribution in [2.75, 3.05) is 11.1 Å². The number of benzene rings is 7. The number of nitrogen functional groups attached to an aromatic ring is 1. The second kappa shape index (κ2) is 38.4. The van der Waals surface area contributed by atoms with Crippen LogP contribution >= 0.6 is 52.6 Å². The lowest BCUT2D eigenvalue weighted by atomic mass is 10.0. The molecule has 0 unspecified atom stereocenters. The third kappa shape index (κ3) is 23.2. The molecule has 0 fully saturated rings. The molecule has 14 heteroatoms. The lowest BCUT2D eigenvalue weighted by Gasteiger charge is -2.14. The molecule has 0 radical (unpaired) electrons. The van der Waals surface area contributed by atoms with Crippen molar-refractivity contribution in [1.29, 1.82) is 0 Å². The molecule has 1 aromatic heterocycles. The summed E-state index contributed by atoms with van der Waals surface area (Å²) in [5.41, 5.74) is 24.4. The first-order valence-electron chi connectivity index (χ1n) is 29.6. The lowest BCUT2D eigenvalue weighted by molar-refractivity contribution is 0.617. The van der Waals surface area contributed by atoms with Crippen molar-refractivity contribution >= 4 is 105 Å². The molecule has 3 N–H and O–H groups in total. The number of terminal acetylenes is 3. The Kier molecular flexibility index (Phi) is 32.4. The molecule has 4 aliphatic heterocycles. The average molecular weight is 1370 g/mol. The van der Waals surface area contributed by atoms with Crippen molar-refractivity contribution in [1.82, 2.24) is 4.57 Å². The van der Waals surface area contributed by atoms with Gasteiger partial charge in [-0.25, -0.2) is 13.2 Å². The summed E-state index contributed by atoms with van der Waals surface area (Å²) in [6, 6.07) is 33.6. The van der Waals surface area contributed by atoms with E-state index in [9.17, 15) is 13.2 Å². The summed E-state index contributed by atoms with van der Waals surface area (Å²) >= 11 is 15.4. The van der Waals surface area contributed by atoms with Crippen molar-refractivity contribution in [2.45, 2.75) is 123 Å². The summed E-state index contributed by atoms with van der Waals surface area (Å²) < 4.78 is 42.7. The van der Waals surface area contributed by atoms with Crippen LogP contribution in [0.5, 0.6) is 0 Å². The number of hydrogen-bond donors (Lipinski definition) is 2. The number of rotatable bonds is 4. The third-order valence-corrected chi connectivity index (χ3v) is 15.2. The predicted molar refractivity (Wildman–Crippen MR) is 403 cm³/mol. The fourth-order valence-corrected chi connectivity index (χ4v) is 9.79. The summed E-state index contributed by atoms with van der Waals surface area (Å²) in [5, 5.41) is 6.05. The topological polar surface area (TPSA) is 92.4 Å². The van der Waals surface area contributed by atoms with Crippen molar-refractivity contribution in [3.8, 4) is 66.9 Å². The highest BCUT2D eigenvalue weighted by atomic mass is 79.9. The van der Waals surface area contributed by atoms with E-state index >= 15 is 0 Å². The maximum Gasteiger partial charge on any atom is 0.126 e. The predicted octanol–water partition coefficient (Wildman–Crippen LogP) is 20.9. The molecule has 0 amide bonds. The van der Waals surface area contributed by atoms with E-state index in [4.69, 9.17) is 35.4 Å². The maximum absolute atomic E-state index is 13.7. The van der Waals surface area contributed by atoms with E-state index in [2.05, 4.69) is 172 Å². The number of fused-ring (bicyclic) bond motifs is 5. The summed E-state index contributed by atoms with van der Waals surface area (Å²) in [6.07, 6.45) is 25.1. The largest absolute Gasteiger partial charge is 0.399 e. The molecule has 0 saturated heterocycles. The van der Waals surface area contributed by atoms with Gasteiger partial charge in [0.2, 0.25) is 0 Å². The average Bonchev–Trinajstić information content (AvgIpc) is 1.62. The molecule has 0 aliphatic carbocycles. The van der Waals surface area contributed by atoms with Gasteiger partial charge in [-0.2, -0.15) is 13.5 Å². The second-order valence-electron chi connectivity index (χ2n) is 22.6. The number of nitrogens with one attached hydrogen (secondary N) is 1. The molecular formula is C79H83BrCl2F3N7S. The van der Waals surface area contributed by atoms with Crippen LogP contribution in [0.4, 0.5) is 30.2 Å². The summed E-state index contributed by atoms with van der Waals surface area (Å²) in [4.78, 5) is 17.0. The van der Waals surface area contributed by atoms with Crippen LogP contribution in [0.3, 0.4) is 0 Å². The van der Waals surface area contributed by atoms with Gasteiger partial charge in [0.05, 0.1) is 47.4 Å². The second-order valence-corrected chi connectivity index (χ2v) is 24.3. The molecular weight excluding hydrogens is 1290 g/mol. The molecule has 5 heterocycles. The normalized spacial score (nSPS) is 11.3. The fraction of sp³-hybridized carbons (Fsp3) is 0.266. The molecule has 8 aromatic rings. The van der Waals surface area contributed by atoms with E-state index in [1.165, 1.54) is 51.0 Å². The zero-order valence-corrected chi connectivity index (χ0v) is 58.3. The zero-order chi connectivity index (χ0) is 67.1. The van der Waals surface area contributed by atoms with Crippen molar-refractivity contribution in [3.05, 3.63) is 219 Å². The maximum atomic E-state index is 13.7. The van der Waals surface area contributed by atoms with Crippen LogP contribution in [0.1, 0.15) is 154 Å². The Hall–Kier alpha value is -8.64. The van der Waals surface area contributed by atoms with Gasteiger partial charge in [0.15, 0.2) is 0 Å².